The van der Waals surface area contributed by atoms with Crippen molar-refractivity contribution in [1.82, 2.24) is 19.1 Å². The third-order valence-electron chi connectivity index (χ3n) is 5.18. The molecule has 2 aromatic heterocycles. The predicted molar refractivity (Wildman–Crippen MR) is 121 cm³/mol. The fourth-order valence-corrected chi connectivity index (χ4v) is 3.44. The van der Waals surface area contributed by atoms with E-state index in [1.54, 1.807) is 13.2 Å². The van der Waals surface area contributed by atoms with Crippen molar-refractivity contribution in [2.45, 2.75) is 20.0 Å². The Bertz CT molecular complexity index is 1370. The van der Waals surface area contributed by atoms with Crippen LogP contribution in [-0.4, -0.2) is 26.2 Å². The van der Waals surface area contributed by atoms with E-state index in [2.05, 4.69) is 16.5 Å². The maximum Gasteiger partial charge on any atom is 0.332 e. The van der Waals surface area contributed by atoms with Crippen molar-refractivity contribution in [3.8, 4) is 17.1 Å². The molecule has 0 spiro atoms. The summed E-state index contributed by atoms with van der Waals surface area (Å²) in [5.74, 6) is 1.16. The zero-order valence-electron chi connectivity index (χ0n) is 17.4. The number of hydrogen-bond donors (Lipinski definition) is 0. The second-order valence-electron chi connectivity index (χ2n) is 7.02. The van der Waals surface area contributed by atoms with Crippen LogP contribution in [0.15, 0.2) is 70.9 Å². The normalized spacial score (nSPS) is 10.9. The van der Waals surface area contributed by atoms with E-state index in [-0.39, 0.29) is 6.54 Å². The highest BCUT2D eigenvalue weighted by atomic mass is 16.5. The molecule has 4 aromatic rings. The molecule has 0 atom stereocenters. The topological polar surface area (TPSA) is 79.0 Å². The van der Waals surface area contributed by atoms with Gasteiger partial charge in [-0.3, -0.25) is 13.9 Å². The highest BCUT2D eigenvalue weighted by molar-refractivity contribution is 5.75. The molecule has 0 saturated heterocycles. The van der Waals surface area contributed by atoms with Crippen LogP contribution in [0.4, 0.5) is 0 Å². The maximum atomic E-state index is 13.1. The van der Waals surface area contributed by atoms with E-state index < -0.39 is 11.2 Å². The largest absolute Gasteiger partial charge is 0.497 e. The van der Waals surface area contributed by atoms with Crippen LogP contribution in [0, 0.1) is 0 Å². The minimum Gasteiger partial charge on any atom is -0.497 e. The van der Waals surface area contributed by atoms with E-state index in [0.29, 0.717) is 23.4 Å². The molecule has 0 aliphatic heterocycles. The molecule has 4 rings (SSSR count). The minimum atomic E-state index is -0.404. The van der Waals surface area contributed by atoms with Gasteiger partial charge in [0.25, 0.3) is 5.56 Å². The highest BCUT2D eigenvalue weighted by Crippen LogP contribution is 2.20. The molecule has 0 aliphatic rings. The van der Waals surface area contributed by atoms with E-state index in [0.717, 1.165) is 22.4 Å². The van der Waals surface area contributed by atoms with Gasteiger partial charge >= 0.3 is 5.69 Å². The van der Waals surface area contributed by atoms with E-state index in [9.17, 15) is 9.59 Å². The molecule has 0 bridgehead atoms. The van der Waals surface area contributed by atoms with Crippen molar-refractivity contribution < 1.29 is 4.74 Å². The summed E-state index contributed by atoms with van der Waals surface area (Å²) in [5.41, 5.74) is 2.12. The summed E-state index contributed by atoms with van der Waals surface area (Å²) in [5, 5.41) is 0.307. The quantitative estimate of drug-likeness (QED) is 0.484. The molecule has 7 heteroatoms. The molecule has 0 N–H and O–H groups in total. The van der Waals surface area contributed by atoms with Crippen LogP contribution in [0.25, 0.3) is 28.5 Å². The number of rotatable bonds is 6. The number of nitrogens with zero attached hydrogens (tertiary/aromatic N) is 4. The Morgan fingerprint density at radius 2 is 1.74 bits per heavy atom. The van der Waals surface area contributed by atoms with Crippen LogP contribution in [0.2, 0.25) is 0 Å². The first-order chi connectivity index (χ1) is 15.0. The van der Waals surface area contributed by atoms with Crippen molar-refractivity contribution in [3.63, 3.8) is 0 Å². The van der Waals surface area contributed by atoms with Gasteiger partial charge in [0.15, 0.2) is 11.5 Å². The molecule has 2 heterocycles. The highest BCUT2D eigenvalue weighted by Gasteiger charge is 2.16. The number of aromatic nitrogens is 4. The molecular formula is C24H22N4O3. The first-order valence-electron chi connectivity index (χ1n) is 9.92. The molecule has 0 unspecified atom stereocenters. The minimum absolute atomic E-state index is 0.172. The number of aryl methyl sites for hydroxylation is 1. The lowest BCUT2D eigenvalue weighted by Crippen LogP contribution is -2.40. The Labute approximate surface area is 178 Å². The van der Waals surface area contributed by atoms with E-state index >= 15 is 0 Å². The van der Waals surface area contributed by atoms with Crippen LogP contribution in [-0.2, 0) is 13.1 Å². The van der Waals surface area contributed by atoms with E-state index in [4.69, 9.17) is 4.74 Å². The predicted octanol–water partition coefficient (Wildman–Crippen LogP) is 3.34. The lowest BCUT2D eigenvalue weighted by Gasteiger charge is -2.13. The van der Waals surface area contributed by atoms with Gasteiger partial charge in [-0.15, -0.1) is 0 Å². The average Bonchev–Trinajstić information content (AvgIpc) is 2.82. The van der Waals surface area contributed by atoms with Crippen LogP contribution in [0.5, 0.6) is 5.75 Å². The number of fused-ring (bicyclic) bond motifs is 1. The molecule has 0 saturated carbocycles. The molecule has 7 nitrogen and oxygen atoms in total. The third kappa shape index (κ3) is 3.77. The summed E-state index contributed by atoms with van der Waals surface area (Å²) in [7, 11) is 1.60. The van der Waals surface area contributed by atoms with Crippen LogP contribution in [0.3, 0.4) is 0 Å². The summed E-state index contributed by atoms with van der Waals surface area (Å²) in [6.45, 7) is 6.14. The zero-order valence-corrected chi connectivity index (χ0v) is 17.4. The second kappa shape index (κ2) is 8.39. The van der Waals surface area contributed by atoms with Gasteiger partial charge in [0.1, 0.15) is 11.1 Å². The van der Waals surface area contributed by atoms with Crippen LogP contribution < -0.4 is 16.0 Å². The van der Waals surface area contributed by atoms with Crippen molar-refractivity contribution in [3.05, 3.63) is 93.3 Å². The molecule has 0 aliphatic carbocycles. The Kier molecular flexibility index (Phi) is 5.49. The lowest BCUT2D eigenvalue weighted by atomic mass is 10.1. The van der Waals surface area contributed by atoms with Crippen molar-refractivity contribution in [1.29, 1.82) is 0 Å². The Balaban J connectivity index is 1.83. The standard InChI is InChI=1S/C24H22N4O3/c1-4-16-6-8-17(9-7-16)15-28-23(29)20-14-25-21(18-10-12-19(31-3)13-11-18)26-22(20)27(5-2)24(28)30/h4,6-14H,1,5,15H2,2-3H3. The number of benzene rings is 2. The molecule has 0 radical (unpaired) electrons. The number of methoxy groups -OCH3 is 1. The fourth-order valence-electron chi connectivity index (χ4n) is 3.44. The molecule has 31 heavy (non-hydrogen) atoms. The number of ether oxygens (including phenoxy) is 1. The zero-order chi connectivity index (χ0) is 22.0. The first kappa shape index (κ1) is 20.3. The molecule has 0 fully saturated rings. The second-order valence-corrected chi connectivity index (χ2v) is 7.02. The smallest absolute Gasteiger partial charge is 0.332 e. The Morgan fingerprint density at radius 3 is 2.35 bits per heavy atom. The Morgan fingerprint density at radius 1 is 1.03 bits per heavy atom. The van der Waals surface area contributed by atoms with Crippen molar-refractivity contribution >= 4 is 17.1 Å². The molecular weight excluding hydrogens is 392 g/mol. The SMILES string of the molecule is C=Cc1ccc(Cn2c(=O)c3cnc(-c4ccc(OC)cc4)nc3n(CC)c2=O)cc1. The van der Waals surface area contributed by atoms with Gasteiger partial charge in [-0.05, 0) is 42.3 Å². The van der Waals surface area contributed by atoms with Gasteiger partial charge in [0.2, 0.25) is 0 Å². The van der Waals surface area contributed by atoms with Crippen molar-refractivity contribution in [2.75, 3.05) is 7.11 Å². The summed E-state index contributed by atoms with van der Waals surface area (Å²) in [4.78, 5) is 35.2. The first-order valence-corrected chi connectivity index (χ1v) is 9.92. The third-order valence-corrected chi connectivity index (χ3v) is 5.18. The molecule has 0 amide bonds. The van der Waals surface area contributed by atoms with Gasteiger partial charge in [-0.1, -0.05) is 36.9 Å². The fraction of sp³-hybridized carbons (Fsp3) is 0.167. The van der Waals surface area contributed by atoms with Crippen LogP contribution in [0.1, 0.15) is 18.1 Å². The summed E-state index contributed by atoms with van der Waals surface area (Å²) in [6.07, 6.45) is 3.24. The van der Waals surface area contributed by atoms with Gasteiger partial charge in [-0.2, -0.15) is 0 Å². The van der Waals surface area contributed by atoms with Gasteiger partial charge in [-0.25, -0.2) is 14.8 Å². The number of hydrogen-bond acceptors (Lipinski definition) is 5. The molecule has 156 valence electrons. The van der Waals surface area contributed by atoms with Crippen LogP contribution >= 0.6 is 0 Å². The Hall–Kier alpha value is -4.00. The summed E-state index contributed by atoms with van der Waals surface area (Å²) < 4.78 is 7.91. The van der Waals surface area contributed by atoms with E-state index in [1.165, 1.54) is 15.3 Å². The maximum absolute atomic E-state index is 13.1. The van der Waals surface area contributed by atoms with E-state index in [1.807, 2.05) is 55.5 Å². The molecule has 2 aromatic carbocycles. The van der Waals surface area contributed by atoms with Gasteiger partial charge in [0.05, 0.1) is 13.7 Å². The van der Waals surface area contributed by atoms with Gasteiger partial charge < -0.3 is 4.74 Å². The van der Waals surface area contributed by atoms with Gasteiger partial charge in [0, 0.05) is 18.3 Å². The average molecular weight is 414 g/mol. The summed E-state index contributed by atoms with van der Waals surface area (Å²) in [6, 6.07) is 14.9. The monoisotopic (exact) mass is 414 g/mol. The van der Waals surface area contributed by atoms with Crippen molar-refractivity contribution in [2.24, 2.45) is 0 Å². The lowest BCUT2D eigenvalue weighted by molar-refractivity contribution is 0.415. The summed E-state index contributed by atoms with van der Waals surface area (Å²) >= 11 is 0.